The lowest BCUT2D eigenvalue weighted by Gasteiger charge is -1.97. The van der Waals surface area contributed by atoms with Crippen molar-refractivity contribution in [3.8, 4) is 11.3 Å². The Hall–Kier alpha value is -3.15. The standard InChI is InChI=1S/C15H11N3O3/c16-15(19)10-3-6-13-11(7-10)8-14(17-13)9-1-4-12(5-2-9)18(20)21/h1-8,17H,(H2,16,19). The first kappa shape index (κ1) is 12.9. The van der Waals surface area contributed by atoms with Crippen LogP contribution in [0.1, 0.15) is 10.4 Å². The summed E-state index contributed by atoms with van der Waals surface area (Å²) < 4.78 is 0. The molecule has 0 fully saturated rings. The molecule has 0 aliphatic rings. The Labute approximate surface area is 119 Å². The van der Waals surface area contributed by atoms with Crippen molar-refractivity contribution < 1.29 is 9.72 Å². The summed E-state index contributed by atoms with van der Waals surface area (Å²) in [4.78, 5) is 24.6. The number of rotatable bonds is 3. The lowest BCUT2D eigenvalue weighted by molar-refractivity contribution is -0.384. The van der Waals surface area contributed by atoms with Crippen molar-refractivity contribution in [3.05, 3.63) is 64.2 Å². The van der Waals surface area contributed by atoms with Gasteiger partial charge in [0.2, 0.25) is 5.91 Å². The Morgan fingerprint density at radius 2 is 1.81 bits per heavy atom. The highest BCUT2D eigenvalue weighted by Crippen LogP contribution is 2.26. The number of fused-ring (bicyclic) bond motifs is 1. The first-order valence-electron chi connectivity index (χ1n) is 6.22. The Morgan fingerprint density at radius 3 is 2.43 bits per heavy atom. The molecule has 0 saturated carbocycles. The van der Waals surface area contributed by atoms with E-state index in [1.165, 1.54) is 12.1 Å². The summed E-state index contributed by atoms with van der Waals surface area (Å²) in [7, 11) is 0. The number of benzene rings is 2. The van der Waals surface area contributed by atoms with Gasteiger partial charge in [-0.2, -0.15) is 0 Å². The molecule has 0 atom stereocenters. The van der Waals surface area contributed by atoms with Crippen LogP contribution in [0.4, 0.5) is 5.69 Å². The molecule has 0 saturated heterocycles. The minimum absolute atomic E-state index is 0.0471. The van der Waals surface area contributed by atoms with E-state index in [1.807, 2.05) is 6.07 Å². The van der Waals surface area contributed by atoms with Gasteiger partial charge in [0.1, 0.15) is 0 Å². The topological polar surface area (TPSA) is 102 Å². The molecular weight excluding hydrogens is 270 g/mol. The maximum Gasteiger partial charge on any atom is 0.269 e. The minimum Gasteiger partial charge on any atom is -0.366 e. The van der Waals surface area contributed by atoms with Crippen LogP contribution in [0.2, 0.25) is 0 Å². The largest absolute Gasteiger partial charge is 0.366 e. The van der Waals surface area contributed by atoms with Crippen molar-refractivity contribution >= 4 is 22.5 Å². The number of nitro benzene ring substituents is 1. The van der Waals surface area contributed by atoms with E-state index >= 15 is 0 Å². The number of H-pyrrole nitrogens is 1. The molecule has 0 spiro atoms. The number of amides is 1. The molecule has 0 aliphatic heterocycles. The Bertz CT molecular complexity index is 850. The molecule has 6 heteroatoms. The molecule has 1 amide bonds. The third-order valence-corrected chi connectivity index (χ3v) is 3.29. The van der Waals surface area contributed by atoms with Crippen LogP contribution < -0.4 is 5.73 Å². The number of hydrogen-bond acceptors (Lipinski definition) is 3. The highest BCUT2D eigenvalue weighted by molar-refractivity contribution is 5.98. The minimum atomic E-state index is -0.477. The quantitative estimate of drug-likeness (QED) is 0.570. The van der Waals surface area contributed by atoms with Gasteiger partial charge in [0.15, 0.2) is 0 Å². The summed E-state index contributed by atoms with van der Waals surface area (Å²) in [6.45, 7) is 0. The molecule has 104 valence electrons. The zero-order chi connectivity index (χ0) is 15.0. The molecule has 21 heavy (non-hydrogen) atoms. The lowest BCUT2D eigenvalue weighted by Crippen LogP contribution is -2.10. The molecule has 3 N–H and O–H groups in total. The van der Waals surface area contributed by atoms with Crippen LogP contribution in [0.3, 0.4) is 0 Å². The normalized spacial score (nSPS) is 10.7. The van der Waals surface area contributed by atoms with Gasteiger partial charge in [-0.1, -0.05) is 0 Å². The van der Waals surface area contributed by atoms with Gasteiger partial charge in [-0.25, -0.2) is 0 Å². The summed E-state index contributed by atoms with van der Waals surface area (Å²) in [5.74, 6) is -0.477. The number of aromatic amines is 1. The number of nitro groups is 1. The maximum atomic E-state index is 11.2. The van der Waals surface area contributed by atoms with E-state index in [2.05, 4.69) is 4.98 Å². The van der Waals surface area contributed by atoms with Crippen LogP contribution in [-0.2, 0) is 0 Å². The first-order valence-corrected chi connectivity index (χ1v) is 6.22. The number of non-ortho nitro benzene ring substituents is 1. The summed E-state index contributed by atoms with van der Waals surface area (Å²) in [5, 5.41) is 11.5. The van der Waals surface area contributed by atoms with Crippen LogP contribution in [0.25, 0.3) is 22.2 Å². The highest BCUT2D eigenvalue weighted by atomic mass is 16.6. The number of nitrogens with two attached hydrogens (primary N) is 1. The third-order valence-electron chi connectivity index (χ3n) is 3.29. The second kappa shape index (κ2) is 4.75. The number of hydrogen-bond donors (Lipinski definition) is 2. The number of aromatic nitrogens is 1. The zero-order valence-electron chi connectivity index (χ0n) is 10.9. The fraction of sp³-hybridized carbons (Fsp3) is 0. The molecule has 0 radical (unpaired) electrons. The van der Waals surface area contributed by atoms with Crippen molar-refractivity contribution in [3.63, 3.8) is 0 Å². The summed E-state index contributed by atoms with van der Waals surface area (Å²) in [6.07, 6.45) is 0. The number of nitrogens with zero attached hydrogens (tertiary/aromatic N) is 1. The van der Waals surface area contributed by atoms with Crippen molar-refractivity contribution in [1.29, 1.82) is 0 Å². The van der Waals surface area contributed by atoms with Crippen molar-refractivity contribution in [1.82, 2.24) is 4.98 Å². The van der Waals surface area contributed by atoms with E-state index in [4.69, 9.17) is 5.73 Å². The van der Waals surface area contributed by atoms with Gasteiger partial charge in [-0.15, -0.1) is 0 Å². The van der Waals surface area contributed by atoms with Crippen LogP contribution in [0.15, 0.2) is 48.5 Å². The van der Waals surface area contributed by atoms with Crippen molar-refractivity contribution in [2.45, 2.75) is 0 Å². The number of nitrogens with one attached hydrogen (secondary N) is 1. The molecule has 6 nitrogen and oxygen atoms in total. The molecule has 0 aliphatic carbocycles. The highest BCUT2D eigenvalue weighted by Gasteiger charge is 2.08. The van der Waals surface area contributed by atoms with E-state index in [-0.39, 0.29) is 5.69 Å². The van der Waals surface area contributed by atoms with E-state index in [0.717, 1.165) is 22.2 Å². The second-order valence-corrected chi connectivity index (χ2v) is 4.65. The Balaban J connectivity index is 2.04. The number of carbonyl (C=O) groups excluding carboxylic acids is 1. The summed E-state index contributed by atoms with van der Waals surface area (Å²) >= 11 is 0. The van der Waals surface area contributed by atoms with Crippen molar-refractivity contribution in [2.75, 3.05) is 0 Å². The zero-order valence-corrected chi connectivity index (χ0v) is 10.9. The maximum absolute atomic E-state index is 11.2. The lowest BCUT2D eigenvalue weighted by atomic mass is 10.1. The molecule has 3 rings (SSSR count). The van der Waals surface area contributed by atoms with Gasteiger partial charge in [-0.3, -0.25) is 14.9 Å². The molecule has 1 heterocycles. The van der Waals surface area contributed by atoms with Gasteiger partial charge in [0.25, 0.3) is 5.69 Å². The van der Waals surface area contributed by atoms with E-state index in [1.54, 1.807) is 30.3 Å². The van der Waals surface area contributed by atoms with Gasteiger partial charge < -0.3 is 10.7 Å². The SMILES string of the molecule is NC(=O)c1ccc2[nH]c(-c3ccc([N+](=O)[O-])cc3)cc2c1. The van der Waals surface area contributed by atoms with E-state index < -0.39 is 10.8 Å². The molecule has 2 aromatic carbocycles. The van der Waals surface area contributed by atoms with Crippen molar-refractivity contribution in [2.24, 2.45) is 5.73 Å². The fourth-order valence-electron chi connectivity index (χ4n) is 2.20. The first-order chi connectivity index (χ1) is 10.0. The summed E-state index contributed by atoms with van der Waals surface area (Å²) in [6, 6.07) is 13.3. The average Bonchev–Trinajstić information content (AvgIpc) is 2.90. The van der Waals surface area contributed by atoms with Gasteiger partial charge in [-0.05, 0) is 42.0 Å². The molecule has 0 unspecified atom stereocenters. The van der Waals surface area contributed by atoms with Gasteiger partial charge >= 0.3 is 0 Å². The number of carbonyl (C=O) groups is 1. The fourth-order valence-corrected chi connectivity index (χ4v) is 2.20. The van der Waals surface area contributed by atoms with Crippen LogP contribution in [0.5, 0.6) is 0 Å². The molecular formula is C15H11N3O3. The molecule has 0 bridgehead atoms. The van der Waals surface area contributed by atoms with Gasteiger partial charge in [0, 0.05) is 34.3 Å². The van der Waals surface area contributed by atoms with E-state index in [9.17, 15) is 14.9 Å². The molecule has 1 aromatic heterocycles. The van der Waals surface area contributed by atoms with Crippen LogP contribution in [-0.4, -0.2) is 15.8 Å². The summed E-state index contributed by atoms with van der Waals surface area (Å²) in [5.41, 5.74) is 8.26. The predicted octanol–water partition coefficient (Wildman–Crippen LogP) is 2.84. The van der Waals surface area contributed by atoms with E-state index in [0.29, 0.717) is 5.56 Å². The molecule has 3 aromatic rings. The van der Waals surface area contributed by atoms with Crippen LogP contribution >= 0.6 is 0 Å². The number of primary amides is 1. The van der Waals surface area contributed by atoms with Gasteiger partial charge in [0.05, 0.1) is 4.92 Å². The smallest absolute Gasteiger partial charge is 0.269 e. The van der Waals surface area contributed by atoms with Crippen LogP contribution in [0, 0.1) is 10.1 Å². The second-order valence-electron chi connectivity index (χ2n) is 4.65. The monoisotopic (exact) mass is 281 g/mol. The third kappa shape index (κ3) is 2.34. The Kier molecular flexibility index (Phi) is 2.91. The predicted molar refractivity (Wildman–Crippen MR) is 78.9 cm³/mol. The average molecular weight is 281 g/mol. The Morgan fingerprint density at radius 1 is 1.10 bits per heavy atom.